The molecule has 0 unspecified atom stereocenters. The van der Waals surface area contributed by atoms with E-state index in [1.165, 1.54) is 11.9 Å². The second-order valence-electron chi connectivity index (χ2n) is 4.33. The minimum Gasteiger partial charge on any atom is -0.345 e. The first-order valence-corrected chi connectivity index (χ1v) is 6.35. The molecule has 0 aliphatic heterocycles. The molecular formula is C11H18N4O2S. The number of hydrogen-bond acceptors (Lipinski definition) is 4. The lowest BCUT2D eigenvalue weighted by molar-refractivity contribution is 0.0827. The summed E-state index contributed by atoms with van der Waals surface area (Å²) in [6, 6.07) is -0.359. The predicted molar refractivity (Wildman–Crippen MR) is 72.3 cm³/mol. The summed E-state index contributed by atoms with van der Waals surface area (Å²) in [5.74, 6) is -0.0285. The van der Waals surface area contributed by atoms with E-state index in [0.717, 1.165) is 11.5 Å². The Kier molecular flexibility index (Phi) is 4.66. The molecule has 0 radical (unpaired) electrons. The van der Waals surface area contributed by atoms with Crippen molar-refractivity contribution < 1.29 is 9.59 Å². The van der Waals surface area contributed by atoms with Gasteiger partial charge in [-0.3, -0.25) is 10.1 Å². The van der Waals surface area contributed by atoms with Gasteiger partial charge >= 0.3 is 6.03 Å². The number of rotatable bonds is 3. The van der Waals surface area contributed by atoms with E-state index in [1.807, 2.05) is 13.8 Å². The van der Waals surface area contributed by atoms with Gasteiger partial charge in [0.1, 0.15) is 5.00 Å². The number of carbonyl (C=O) groups is 2. The van der Waals surface area contributed by atoms with Gasteiger partial charge in [-0.05, 0) is 17.5 Å². The Bertz CT molecular complexity index is 454. The van der Waals surface area contributed by atoms with Crippen LogP contribution >= 0.6 is 11.5 Å². The van der Waals surface area contributed by atoms with Crippen molar-refractivity contribution >= 4 is 28.5 Å². The maximum absolute atomic E-state index is 12.1. The van der Waals surface area contributed by atoms with Crippen LogP contribution in [-0.4, -0.2) is 42.4 Å². The van der Waals surface area contributed by atoms with E-state index in [4.69, 9.17) is 0 Å². The van der Waals surface area contributed by atoms with Crippen LogP contribution < -0.4 is 10.6 Å². The molecule has 7 heteroatoms. The van der Waals surface area contributed by atoms with Crippen LogP contribution in [0.3, 0.4) is 0 Å². The molecule has 0 saturated carbocycles. The predicted octanol–water partition coefficient (Wildman–Crippen LogP) is 1.72. The zero-order valence-corrected chi connectivity index (χ0v) is 12.0. The van der Waals surface area contributed by atoms with E-state index in [-0.39, 0.29) is 17.9 Å². The average molecular weight is 270 g/mol. The van der Waals surface area contributed by atoms with Gasteiger partial charge in [-0.15, -0.1) is 0 Å². The van der Waals surface area contributed by atoms with E-state index < -0.39 is 0 Å². The minimum absolute atomic E-state index is 0.125. The summed E-state index contributed by atoms with van der Waals surface area (Å²) in [6.07, 6.45) is 0. The van der Waals surface area contributed by atoms with Gasteiger partial charge in [-0.1, -0.05) is 13.8 Å². The zero-order valence-electron chi connectivity index (χ0n) is 11.2. The standard InChI is InChI=1S/C11H18N4O2S/c1-6(2)8-7(10(16)15(4)5)9(18-14-8)13-11(17)12-3/h6H,1-5H3,(H2,12,13,17). The van der Waals surface area contributed by atoms with Crippen LogP contribution in [0.25, 0.3) is 0 Å². The second kappa shape index (κ2) is 5.81. The molecule has 1 aromatic heterocycles. The fraction of sp³-hybridized carbons (Fsp3) is 0.545. The van der Waals surface area contributed by atoms with E-state index in [2.05, 4.69) is 15.0 Å². The van der Waals surface area contributed by atoms with Gasteiger partial charge in [0.2, 0.25) is 0 Å². The van der Waals surface area contributed by atoms with Crippen LogP contribution in [0, 0.1) is 0 Å². The Balaban J connectivity index is 3.19. The fourth-order valence-electron chi connectivity index (χ4n) is 1.38. The number of aromatic nitrogens is 1. The van der Waals surface area contributed by atoms with Crippen LogP contribution in [0.2, 0.25) is 0 Å². The molecule has 18 heavy (non-hydrogen) atoms. The Hall–Kier alpha value is -1.63. The third-order valence-electron chi connectivity index (χ3n) is 2.34. The van der Waals surface area contributed by atoms with Crippen molar-refractivity contribution in [2.75, 3.05) is 26.5 Å². The van der Waals surface area contributed by atoms with Crippen molar-refractivity contribution in [2.45, 2.75) is 19.8 Å². The number of anilines is 1. The first-order valence-electron chi connectivity index (χ1n) is 5.58. The van der Waals surface area contributed by atoms with Crippen LogP contribution in [-0.2, 0) is 0 Å². The lowest BCUT2D eigenvalue weighted by Crippen LogP contribution is -2.27. The normalized spacial score (nSPS) is 10.3. The molecule has 0 spiro atoms. The molecule has 3 amide bonds. The van der Waals surface area contributed by atoms with Crippen molar-refractivity contribution in [3.05, 3.63) is 11.3 Å². The molecule has 6 nitrogen and oxygen atoms in total. The third kappa shape index (κ3) is 2.98. The van der Waals surface area contributed by atoms with Gasteiger partial charge in [0, 0.05) is 21.1 Å². The molecule has 0 bridgehead atoms. The molecule has 1 rings (SSSR count). The first kappa shape index (κ1) is 14.4. The lowest BCUT2D eigenvalue weighted by atomic mass is 10.1. The topological polar surface area (TPSA) is 74.3 Å². The van der Waals surface area contributed by atoms with Gasteiger partial charge in [-0.25, -0.2) is 4.79 Å². The summed E-state index contributed by atoms with van der Waals surface area (Å²) in [5, 5.41) is 5.56. The maximum atomic E-state index is 12.1. The van der Waals surface area contributed by atoms with Crippen molar-refractivity contribution in [3.63, 3.8) is 0 Å². The third-order valence-corrected chi connectivity index (χ3v) is 3.12. The lowest BCUT2D eigenvalue weighted by Gasteiger charge is -2.13. The molecule has 2 N–H and O–H groups in total. The van der Waals surface area contributed by atoms with Gasteiger partial charge in [0.15, 0.2) is 0 Å². The van der Waals surface area contributed by atoms with Gasteiger partial charge in [-0.2, -0.15) is 4.37 Å². The zero-order chi connectivity index (χ0) is 13.9. The molecule has 0 atom stereocenters. The Morgan fingerprint density at radius 3 is 2.39 bits per heavy atom. The van der Waals surface area contributed by atoms with E-state index in [9.17, 15) is 9.59 Å². The van der Waals surface area contributed by atoms with Gasteiger partial charge in [0.05, 0.1) is 11.3 Å². The largest absolute Gasteiger partial charge is 0.345 e. The van der Waals surface area contributed by atoms with Gasteiger partial charge < -0.3 is 10.2 Å². The highest BCUT2D eigenvalue weighted by Crippen LogP contribution is 2.30. The number of nitrogens with one attached hydrogen (secondary N) is 2. The Morgan fingerprint density at radius 1 is 1.33 bits per heavy atom. The Labute approximate surface area is 111 Å². The number of amides is 3. The second-order valence-corrected chi connectivity index (χ2v) is 5.10. The SMILES string of the molecule is CNC(=O)Nc1snc(C(C)C)c1C(=O)N(C)C. The molecule has 1 aromatic rings. The van der Waals surface area contributed by atoms with Crippen LogP contribution in [0.4, 0.5) is 9.80 Å². The monoisotopic (exact) mass is 270 g/mol. The fourth-order valence-corrected chi connectivity index (χ4v) is 2.29. The number of urea groups is 1. The van der Waals surface area contributed by atoms with Crippen molar-refractivity contribution in [1.29, 1.82) is 0 Å². The number of hydrogen-bond donors (Lipinski definition) is 2. The summed E-state index contributed by atoms with van der Waals surface area (Å²) in [4.78, 5) is 25.0. The number of carbonyl (C=O) groups excluding carboxylic acids is 2. The van der Waals surface area contributed by atoms with Crippen molar-refractivity contribution in [1.82, 2.24) is 14.6 Å². The summed E-state index contributed by atoms with van der Waals surface area (Å²) in [7, 11) is 4.87. The minimum atomic E-state index is -0.359. The van der Waals surface area contributed by atoms with Crippen LogP contribution in [0.5, 0.6) is 0 Å². The van der Waals surface area contributed by atoms with E-state index >= 15 is 0 Å². The van der Waals surface area contributed by atoms with E-state index in [1.54, 1.807) is 14.1 Å². The number of nitrogens with zero attached hydrogens (tertiary/aromatic N) is 2. The first-order chi connectivity index (χ1) is 8.38. The summed E-state index contributed by atoms with van der Waals surface area (Å²) in [5.41, 5.74) is 1.19. The highest BCUT2D eigenvalue weighted by atomic mass is 32.1. The quantitative estimate of drug-likeness (QED) is 0.878. The molecule has 100 valence electrons. The Morgan fingerprint density at radius 2 is 1.94 bits per heavy atom. The molecule has 0 aliphatic rings. The highest BCUT2D eigenvalue weighted by Gasteiger charge is 2.24. The smallest absolute Gasteiger partial charge is 0.319 e. The molecule has 0 aromatic carbocycles. The molecule has 0 fully saturated rings. The van der Waals surface area contributed by atoms with Crippen molar-refractivity contribution in [3.8, 4) is 0 Å². The maximum Gasteiger partial charge on any atom is 0.319 e. The molecule has 1 heterocycles. The van der Waals surface area contributed by atoms with Crippen molar-refractivity contribution in [2.24, 2.45) is 0 Å². The van der Waals surface area contributed by atoms with Gasteiger partial charge in [0.25, 0.3) is 5.91 Å². The summed E-state index contributed by atoms with van der Waals surface area (Å²) in [6.45, 7) is 3.93. The van der Waals surface area contributed by atoms with Crippen LogP contribution in [0.1, 0.15) is 35.8 Å². The average Bonchev–Trinajstić information content (AvgIpc) is 2.71. The molecular weight excluding hydrogens is 252 g/mol. The van der Waals surface area contributed by atoms with E-state index in [0.29, 0.717) is 16.3 Å². The molecule has 0 aliphatic carbocycles. The summed E-state index contributed by atoms with van der Waals surface area (Å²) >= 11 is 1.12. The van der Waals surface area contributed by atoms with Crippen LogP contribution in [0.15, 0.2) is 0 Å². The molecule has 0 saturated heterocycles. The summed E-state index contributed by atoms with van der Waals surface area (Å²) < 4.78 is 4.26. The highest BCUT2D eigenvalue weighted by molar-refractivity contribution is 7.11.